The van der Waals surface area contributed by atoms with Crippen LogP contribution in [0.2, 0.25) is 0 Å². The van der Waals surface area contributed by atoms with Gasteiger partial charge in [0.2, 0.25) is 0 Å². The Kier molecular flexibility index (Phi) is 3.76. The molecule has 1 aromatic heterocycles. The summed E-state index contributed by atoms with van der Waals surface area (Å²) < 4.78 is 0. The molecule has 1 fully saturated rings. The van der Waals surface area contributed by atoms with Crippen LogP contribution < -0.4 is 11.3 Å². The lowest BCUT2D eigenvalue weighted by Gasteiger charge is -2.34. The van der Waals surface area contributed by atoms with Crippen molar-refractivity contribution in [2.45, 2.75) is 20.3 Å². The number of hydrogen-bond donors (Lipinski definition) is 2. The van der Waals surface area contributed by atoms with Crippen molar-refractivity contribution in [3.8, 4) is 0 Å². The van der Waals surface area contributed by atoms with Gasteiger partial charge in [-0.2, -0.15) is 0 Å². The van der Waals surface area contributed by atoms with E-state index in [1.54, 1.807) is 12.1 Å². The van der Waals surface area contributed by atoms with Crippen LogP contribution in [-0.4, -0.2) is 34.1 Å². The molecule has 0 spiro atoms. The maximum absolute atomic E-state index is 12.3. The molecule has 6 nitrogen and oxygen atoms in total. The van der Waals surface area contributed by atoms with E-state index in [2.05, 4.69) is 29.5 Å². The van der Waals surface area contributed by atoms with Crippen molar-refractivity contribution in [1.29, 1.82) is 0 Å². The van der Waals surface area contributed by atoms with Gasteiger partial charge in [0.15, 0.2) is 11.5 Å². The van der Waals surface area contributed by atoms with E-state index in [0.29, 0.717) is 23.3 Å². The molecule has 3 N–H and O–H groups in total. The largest absolute Gasteiger partial charge is 0.337 e. The van der Waals surface area contributed by atoms with E-state index in [1.165, 1.54) is 6.42 Å². The molecule has 1 aliphatic rings. The van der Waals surface area contributed by atoms with E-state index in [4.69, 9.17) is 5.84 Å². The molecule has 2 heterocycles. The summed E-state index contributed by atoms with van der Waals surface area (Å²) in [6, 6.07) is 3.30. The topological polar surface area (TPSA) is 84.1 Å². The van der Waals surface area contributed by atoms with Crippen LogP contribution in [0.5, 0.6) is 0 Å². The van der Waals surface area contributed by atoms with E-state index in [-0.39, 0.29) is 5.91 Å². The average Bonchev–Trinajstić information content (AvgIpc) is 2.37. The molecule has 0 radical (unpaired) electrons. The number of carbonyl (C=O) groups excluding carboxylic acids is 1. The summed E-state index contributed by atoms with van der Waals surface area (Å²) >= 11 is 0. The van der Waals surface area contributed by atoms with E-state index < -0.39 is 0 Å². The highest BCUT2D eigenvalue weighted by Crippen LogP contribution is 2.22. The molecule has 2 atom stereocenters. The quantitative estimate of drug-likeness (QED) is 0.600. The van der Waals surface area contributed by atoms with Crippen molar-refractivity contribution >= 4 is 11.7 Å². The monoisotopic (exact) mass is 249 g/mol. The van der Waals surface area contributed by atoms with Crippen molar-refractivity contribution in [3.63, 3.8) is 0 Å². The summed E-state index contributed by atoms with van der Waals surface area (Å²) in [4.78, 5) is 14.1. The smallest absolute Gasteiger partial charge is 0.274 e. The Morgan fingerprint density at radius 3 is 2.50 bits per heavy atom. The summed E-state index contributed by atoms with van der Waals surface area (Å²) in [6.45, 7) is 5.93. The molecule has 98 valence electrons. The van der Waals surface area contributed by atoms with Gasteiger partial charge in [0.05, 0.1) is 0 Å². The van der Waals surface area contributed by atoms with E-state index >= 15 is 0 Å². The molecule has 6 heteroatoms. The Hall–Kier alpha value is -1.69. The number of amides is 1. The van der Waals surface area contributed by atoms with Crippen molar-refractivity contribution in [2.24, 2.45) is 17.7 Å². The molecule has 0 aliphatic carbocycles. The van der Waals surface area contributed by atoms with Crippen LogP contribution in [0.4, 0.5) is 5.82 Å². The number of carbonyl (C=O) groups is 1. The van der Waals surface area contributed by atoms with Crippen molar-refractivity contribution in [1.82, 2.24) is 15.1 Å². The van der Waals surface area contributed by atoms with Gasteiger partial charge in [-0.3, -0.25) is 4.79 Å². The summed E-state index contributed by atoms with van der Waals surface area (Å²) in [6.07, 6.45) is 1.17. The minimum Gasteiger partial charge on any atom is -0.337 e. The predicted octanol–water partition coefficient (Wildman–Crippen LogP) is 0.880. The minimum atomic E-state index is -0.0514. The lowest BCUT2D eigenvalue weighted by atomic mass is 9.92. The van der Waals surface area contributed by atoms with Gasteiger partial charge in [-0.1, -0.05) is 13.8 Å². The SMILES string of the molecule is CC1CC(C)CN(C(=O)c2ccc(NN)nn2)C1. The number of nitrogen functional groups attached to an aromatic ring is 1. The van der Waals surface area contributed by atoms with Gasteiger partial charge in [0, 0.05) is 13.1 Å². The number of anilines is 1. The third kappa shape index (κ3) is 2.76. The zero-order valence-electron chi connectivity index (χ0n) is 10.8. The number of hydrogen-bond acceptors (Lipinski definition) is 5. The van der Waals surface area contributed by atoms with Crippen LogP contribution in [0, 0.1) is 11.8 Å². The number of nitrogens with one attached hydrogen (secondary N) is 1. The number of likely N-dealkylation sites (tertiary alicyclic amines) is 1. The number of nitrogens with two attached hydrogens (primary N) is 1. The number of piperidine rings is 1. The molecule has 2 rings (SSSR count). The summed E-state index contributed by atoms with van der Waals surface area (Å²) in [5, 5.41) is 7.71. The molecule has 0 aromatic carbocycles. The first-order valence-corrected chi connectivity index (χ1v) is 6.19. The van der Waals surface area contributed by atoms with E-state index in [0.717, 1.165) is 13.1 Å². The Morgan fingerprint density at radius 2 is 2.00 bits per heavy atom. The molecule has 2 unspecified atom stereocenters. The first-order chi connectivity index (χ1) is 8.60. The first kappa shape index (κ1) is 12.8. The fourth-order valence-electron chi connectivity index (χ4n) is 2.51. The van der Waals surface area contributed by atoms with Crippen molar-refractivity contribution < 1.29 is 4.79 Å². The Morgan fingerprint density at radius 1 is 1.33 bits per heavy atom. The molecule has 1 saturated heterocycles. The number of hydrazine groups is 1. The third-order valence-electron chi connectivity index (χ3n) is 3.19. The van der Waals surface area contributed by atoms with Crippen LogP contribution in [0.15, 0.2) is 12.1 Å². The first-order valence-electron chi connectivity index (χ1n) is 6.19. The standard InChI is InChI=1S/C12H19N5O/c1-8-5-9(2)7-17(6-8)12(18)10-3-4-11(14-13)16-15-10/h3-4,8-9H,5-7,13H2,1-2H3,(H,14,16). The fraction of sp³-hybridized carbons (Fsp3) is 0.583. The zero-order chi connectivity index (χ0) is 13.1. The highest BCUT2D eigenvalue weighted by molar-refractivity contribution is 5.92. The summed E-state index contributed by atoms with van der Waals surface area (Å²) in [5.74, 6) is 6.68. The van der Waals surface area contributed by atoms with E-state index in [9.17, 15) is 4.79 Å². The van der Waals surface area contributed by atoms with Crippen LogP contribution >= 0.6 is 0 Å². The number of aromatic nitrogens is 2. The molecule has 18 heavy (non-hydrogen) atoms. The predicted molar refractivity (Wildman–Crippen MR) is 68.7 cm³/mol. The van der Waals surface area contributed by atoms with Crippen LogP contribution in [0.25, 0.3) is 0 Å². The second-order valence-electron chi connectivity index (χ2n) is 5.10. The van der Waals surface area contributed by atoms with Crippen LogP contribution in [-0.2, 0) is 0 Å². The van der Waals surface area contributed by atoms with Crippen molar-refractivity contribution in [2.75, 3.05) is 18.5 Å². The molecule has 0 bridgehead atoms. The van der Waals surface area contributed by atoms with Gasteiger partial charge in [-0.05, 0) is 30.4 Å². The lowest BCUT2D eigenvalue weighted by Crippen LogP contribution is -2.42. The summed E-state index contributed by atoms with van der Waals surface area (Å²) in [7, 11) is 0. The van der Waals surface area contributed by atoms with Crippen molar-refractivity contribution in [3.05, 3.63) is 17.8 Å². The zero-order valence-corrected chi connectivity index (χ0v) is 10.8. The third-order valence-corrected chi connectivity index (χ3v) is 3.19. The highest BCUT2D eigenvalue weighted by Gasteiger charge is 2.26. The second kappa shape index (κ2) is 5.30. The van der Waals surface area contributed by atoms with Gasteiger partial charge >= 0.3 is 0 Å². The maximum Gasteiger partial charge on any atom is 0.274 e. The van der Waals surface area contributed by atoms with E-state index in [1.807, 2.05) is 4.90 Å². The van der Waals surface area contributed by atoms with Crippen LogP contribution in [0.3, 0.4) is 0 Å². The normalized spacial score (nSPS) is 23.8. The lowest BCUT2D eigenvalue weighted by molar-refractivity contribution is 0.0616. The van der Waals surface area contributed by atoms with Gasteiger partial charge in [0.25, 0.3) is 5.91 Å². The van der Waals surface area contributed by atoms with Gasteiger partial charge < -0.3 is 10.3 Å². The minimum absolute atomic E-state index is 0.0514. The number of rotatable bonds is 2. The second-order valence-corrected chi connectivity index (χ2v) is 5.10. The Balaban J connectivity index is 2.09. The number of nitrogens with zero attached hydrogens (tertiary/aromatic N) is 3. The Labute approximate surface area is 107 Å². The average molecular weight is 249 g/mol. The Bertz CT molecular complexity index is 409. The highest BCUT2D eigenvalue weighted by atomic mass is 16.2. The molecule has 1 amide bonds. The fourth-order valence-corrected chi connectivity index (χ4v) is 2.51. The molecule has 0 saturated carbocycles. The molecular weight excluding hydrogens is 230 g/mol. The van der Waals surface area contributed by atoms with Crippen LogP contribution in [0.1, 0.15) is 30.8 Å². The summed E-state index contributed by atoms with van der Waals surface area (Å²) in [5.41, 5.74) is 2.76. The molecule has 1 aliphatic heterocycles. The molecular formula is C12H19N5O. The van der Waals surface area contributed by atoms with Gasteiger partial charge in [-0.25, -0.2) is 5.84 Å². The van der Waals surface area contributed by atoms with Gasteiger partial charge in [-0.15, -0.1) is 10.2 Å². The van der Waals surface area contributed by atoms with Gasteiger partial charge in [0.1, 0.15) is 0 Å². The molecule has 1 aromatic rings. The maximum atomic E-state index is 12.3.